The fraction of sp³-hybridized carbons (Fsp3) is 0.562. The van der Waals surface area contributed by atoms with Crippen LogP contribution in [0.1, 0.15) is 24.8 Å². The first-order valence-corrected chi connectivity index (χ1v) is 7.44. The Bertz CT molecular complexity index is 477. The molecule has 116 valence electrons. The average Bonchev–Trinajstić information content (AvgIpc) is 2.92. The number of nitrogens with zero attached hydrogens (tertiary/aromatic N) is 1. The Morgan fingerprint density at radius 2 is 2.14 bits per heavy atom. The van der Waals surface area contributed by atoms with E-state index in [9.17, 15) is 4.79 Å². The largest absolute Gasteiger partial charge is 0.497 e. The number of hydrogen-bond donors (Lipinski definition) is 1. The molecule has 1 aliphatic heterocycles. The van der Waals surface area contributed by atoms with E-state index < -0.39 is 0 Å². The van der Waals surface area contributed by atoms with E-state index in [0.717, 1.165) is 62.5 Å². The zero-order chi connectivity index (χ0) is 15.1. The number of carbonyl (C=O) groups is 1. The molecule has 0 saturated carbocycles. The zero-order valence-electron chi connectivity index (χ0n) is 12.9. The molecule has 0 atom stereocenters. The summed E-state index contributed by atoms with van der Waals surface area (Å²) in [7, 11) is 3.31. The van der Waals surface area contributed by atoms with Gasteiger partial charge in [0, 0.05) is 37.7 Å². The van der Waals surface area contributed by atoms with Gasteiger partial charge in [-0.2, -0.15) is 0 Å². The molecular formula is C16H24N2O3. The molecular weight excluding hydrogens is 268 g/mol. The summed E-state index contributed by atoms with van der Waals surface area (Å²) in [6.45, 7) is 3.41. The van der Waals surface area contributed by atoms with Crippen molar-refractivity contribution in [2.75, 3.05) is 33.9 Å². The second-order valence-corrected chi connectivity index (χ2v) is 5.19. The van der Waals surface area contributed by atoms with Gasteiger partial charge in [-0.25, -0.2) is 0 Å². The van der Waals surface area contributed by atoms with Gasteiger partial charge >= 0.3 is 0 Å². The minimum Gasteiger partial charge on any atom is -0.497 e. The van der Waals surface area contributed by atoms with E-state index in [1.54, 1.807) is 14.2 Å². The molecule has 0 bridgehead atoms. The van der Waals surface area contributed by atoms with Gasteiger partial charge in [-0.1, -0.05) is 6.07 Å². The highest BCUT2D eigenvalue weighted by Crippen LogP contribution is 2.24. The van der Waals surface area contributed by atoms with Crippen LogP contribution in [0, 0.1) is 0 Å². The molecule has 2 rings (SSSR count). The van der Waals surface area contributed by atoms with Crippen LogP contribution in [-0.4, -0.2) is 44.7 Å². The topological polar surface area (TPSA) is 50.8 Å². The molecule has 1 aromatic rings. The number of likely N-dealkylation sites (tertiary alicyclic amines) is 1. The Morgan fingerprint density at radius 3 is 2.81 bits per heavy atom. The minimum atomic E-state index is 0.298. The van der Waals surface area contributed by atoms with Gasteiger partial charge in [0.1, 0.15) is 11.5 Å². The molecule has 1 N–H and O–H groups in total. The Kier molecular flexibility index (Phi) is 5.87. The lowest BCUT2D eigenvalue weighted by Crippen LogP contribution is -2.28. The molecule has 0 spiro atoms. The van der Waals surface area contributed by atoms with Crippen molar-refractivity contribution in [2.24, 2.45) is 0 Å². The third-order valence-corrected chi connectivity index (χ3v) is 3.76. The number of hydrogen-bond acceptors (Lipinski definition) is 4. The lowest BCUT2D eigenvalue weighted by molar-refractivity contribution is -0.127. The Labute approximate surface area is 126 Å². The highest BCUT2D eigenvalue weighted by atomic mass is 16.5. The Morgan fingerprint density at radius 1 is 1.29 bits per heavy atom. The van der Waals surface area contributed by atoms with E-state index in [0.29, 0.717) is 5.91 Å². The van der Waals surface area contributed by atoms with E-state index in [2.05, 4.69) is 5.32 Å². The summed E-state index contributed by atoms with van der Waals surface area (Å²) >= 11 is 0. The van der Waals surface area contributed by atoms with Gasteiger partial charge in [0.2, 0.25) is 5.91 Å². The number of nitrogens with one attached hydrogen (secondary N) is 1. The first-order valence-electron chi connectivity index (χ1n) is 7.44. The lowest BCUT2D eigenvalue weighted by Gasteiger charge is -2.15. The maximum absolute atomic E-state index is 11.5. The second kappa shape index (κ2) is 7.88. The van der Waals surface area contributed by atoms with Crippen LogP contribution in [0.4, 0.5) is 0 Å². The van der Waals surface area contributed by atoms with E-state index in [-0.39, 0.29) is 0 Å². The van der Waals surface area contributed by atoms with Gasteiger partial charge in [0.25, 0.3) is 0 Å². The number of rotatable bonds is 8. The van der Waals surface area contributed by atoms with Gasteiger partial charge in [0.05, 0.1) is 14.2 Å². The molecule has 5 heteroatoms. The van der Waals surface area contributed by atoms with Crippen molar-refractivity contribution in [2.45, 2.75) is 25.8 Å². The summed E-state index contributed by atoms with van der Waals surface area (Å²) in [6, 6.07) is 5.83. The molecule has 1 saturated heterocycles. The number of benzene rings is 1. The van der Waals surface area contributed by atoms with Crippen LogP contribution in [0.15, 0.2) is 18.2 Å². The minimum absolute atomic E-state index is 0.298. The molecule has 1 amide bonds. The fourth-order valence-corrected chi connectivity index (χ4v) is 2.56. The van der Waals surface area contributed by atoms with Crippen LogP contribution >= 0.6 is 0 Å². The molecule has 21 heavy (non-hydrogen) atoms. The second-order valence-electron chi connectivity index (χ2n) is 5.19. The normalized spacial score (nSPS) is 14.6. The van der Waals surface area contributed by atoms with Crippen LogP contribution in [0.2, 0.25) is 0 Å². The fourth-order valence-electron chi connectivity index (χ4n) is 2.56. The number of carbonyl (C=O) groups excluding carboxylic acids is 1. The van der Waals surface area contributed by atoms with Gasteiger partial charge in [0.15, 0.2) is 0 Å². The highest BCUT2D eigenvalue weighted by molar-refractivity contribution is 5.77. The predicted molar refractivity (Wildman–Crippen MR) is 81.7 cm³/mol. The summed E-state index contributed by atoms with van der Waals surface area (Å²) in [4.78, 5) is 13.4. The van der Waals surface area contributed by atoms with E-state index in [1.165, 1.54) is 0 Å². The van der Waals surface area contributed by atoms with Crippen molar-refractivity contribution in [1.29, 1.82) is 0 Å². The third kappa shape index (κ3) is 4.36. The predicted octanol–water partition coefficient (Wildman–Crippen LogP) is 1.81. The third-order valence-electron chi connectivity index (χ3n) is 3.76. The molecule has 0 unspecified atom stereocenters. The molecule has 1 aromatic carbocycles. The van der Waals surface area contributed by atoms with Crippen molar-refractivity contribution >= 4 is 5.91 Å². The smallest absolute Gasteiger partial charge is 0.222 e. The van der Waals surface area contributed by atoms with Crippen molar-refractivity contribution in [1.82, 2.24) is 10.2 Å². The average molecular weight is 292 g/mol. The number of methoxy groups -OCH3 is 2. The van der Waals surface area contributed by atoms with Crippen molar-refractivity contribution in [3.63, 3.8) is 0 Å². The maximum atomic E-state index is 11.5. The van der Waals surface area contributed by atoms with Gasteiger partial charge in [-0.05, 0) is 25.5 Å². The standard InChI is InChI=1S/C16H24N2O3/c1-20-14-7-6-13(15(11-14)21-2)12-17-8-4-10-18-9-3-5-16(18)19/h6-7,11,17H,3-5,8-10,12H2,1-2H3. The van der Waals surface area contributed by atoms with Crippen molar-refractivity contribution in [3.8, 4) is 11.5 Å². The van der Waals surface area contributed by atoms with Crippen molar-refractivity contribution < 1.29 is 14.3 Å². The first kappa shape index (κ1) is 15.6. The number of ether oxygens (including phenoxy) is 2. The molecule has 1 heterocycles. The molecule has 0 radical (unpaired) electrons. The van der Waals surface area contributed by atoms with E-state index >= 15 is 0 Å². The van der Waals surface area contributed by atoms with Crippen LogP contribution in [0.25, 0.3) is 0 Å². The number of amides is 1. The van der Waals surface area contributed by atoms with Crippen LogP contribution < -0.4 is 14.8 Å². The quantitative estimate of drug-likeness (QED) is 0.742. The van der Waals surface area contributed by atoms with Crippen LogP contribution in [-0.2, 0) is 11.3 Å². The van der Waals surface area contributed by atoms with E-state index in [4.69, 9.17) is 9.47 Å². The van der Waals surface area contributed by atoms with Gasteiger partial charge in [-0.15, -0.1) is 0 Å². The molecule has 0 aromatic heterocycles. The summed E-state index contributed by atoms with van der Waals surface area (Å²) in [6.07, 6.45) is 2.70. The van der Waals surface area contributed by atoms with Gasteiger partial charge < -0.3 is 19.7 Å². The molecule has 5 nitrogen and oxygen atoms in total. The van der Waals surface area contributed by atoms with Crippen LogP contribution in [0.5, 0.6) is 11.5 Å². The van der Waals surface area contributed by atoms with Crippen LogP contribution in [0.3, 0.4) is 0 Å². The Balaban J connectivity index is 1.72. The summed E-state index contributed by atoms with van der Waals surface area (Å²) in [5, 5.41) is 3.39. The highest BCUT2D eigenvalue weighted by Gasteiger charge is 2.18. The summed E-state index contributed by atoms with van der Waals surface area (Å²) in [5.41, 5.74) is 1.11. The zero-order valence-corrected chi connectivity index (χ0v) is 12.9. The molecule has 1 aliphatic rings. The lowest BCUT2D eigenvalue weighted by atomic mass is 10.2. The first-order chi connectivity index (χ1) is 10.2. The molecule has 1 fully saturated rings. The summed E-state index contributed by atoms with van der Waals surface area (Å²) in [5.74, 6) is 1.92. The van der Waals surface area contributed by atoms with E-state index in [1.807, 2.05) is 23.1 Å². The molecule has 0 aliphatic carbocycles. The monoisotopic (exact) mass is 292 g/mol. The Hall–Kier alpha value is -1.75. The van der Waals surface area contributed by atoms with Crippen molar-refractivity contribution in [3.05, 3.63) is 23.8 Å². The van der Waals surface area contributed by atoms with Gasteiger partial charge in [-0.3, -0.25) is 4.79 Å². The SMILES string of the molecule is COc1ccc(CNCCCN2CCCC2=O)c(OC)c1. The summed E-state index contributed by atoms with van der Waals surface area (Å²) < 4.78 is 10.6. The maximum Gasteiger partial charge on any atom is 0.222 e.